The Labute approximate surface area is 94.3 Å². The summed E-state index contributed by atoms with van der Waals surface area (Å²) in [5.74, 6) is 0.553. The van der Waals surface area contributed by atoms with Crippen molar-refractivity contribution < 1.29 is 0 Å². The Bertz CT molecular complexity index is 667. The minimum absolute atomic E-state index is 0.269. The predicted octanol–water partition coefficient (Wildman–Crippen LogP) is 1.58. The van der Waals surface area contributed by atoms with Crippen molar-refractivity contribution in [2.75, 3.05) is 0 Å². The van der Waals surface area contributed by atoms with Crippen LogP contribution in [0.25, 0.3) is 15.2 Å². The quantitative estimate of drug-likeness (QED) is 0.649. The van der Waals surface area contributed by atoms with E-state index in [0.717, 1.165) is 15.2 Å². The molecule has 2 N–H and O–H groups in total. The summed E-state index contributed by atoms with van der Waals surface area (Å²) in [5.41, 5.74) is 6.63. The van der Waals surface area contributed by atoms with Gasteiger partial charge in [-0.2, -0.15) is 0 Å². The second kappa shape index (κ2) is 2.98. The molecule has 15 heavy (non-hydrogen) atoms. The molecule has 0 aliphatic heterocycles. The molecule has 0 aliphatic carbocycles. The number of benzene rings is 1. The Morgan fingerprint density at radius 1 is 1.33 bits per heavy atom. The molecule has 6 heteroatoms. The number of para-hydroxylation sites is 1. The summed E-state index contributed by atoms with van der Waals surface area (Å²) in [7, 11) is 0. The van der Waals surface area contributed by atoms with Gasteiger partial charge in [-0.15, -0.1) is 10.2 Å². The number of thiocarbonyl (C=S) groups is 1. The van der Waals surface area contributed by atoms with E-state index < -0.39 is 0 Å². The number of hydrogen-bond donors (Lipinski definition) is 1. The van der Waals surface area contributed by atoms with Gasteiger partial charge < -0.3 is 5.73 Å². The zero-order valence-electron chi connectivity index (χ0n) is 7.54. The van der Waals surface area contributed by atoms with E-state index in [1.807, 2.05) is 28.7 Å². The lowest BCUT2D eigenvalue weighted by atomic mass is 10.3. The average molecular weight is 234 g/mol. The van der Waals surface area contributed by atoms with Crippen LogP contribution in [0.2, 0.25) is 0 Å². The average Bonchev–Trinajstić information content (AvgIpc) is 2.74. The van der Waals surface area contributed by atoms with Crippen molar-refractivity contribution in [3.63, 3.8) is 0 Å². The molecule has 1 aromatic carbocycles. The maximum Gasteiger partial charge on any atom is 0.217 e. The number of fused-ring (bicyclic) bond motifs is 3. The predicted molar refractivity (Wildman–Crippen MR) is 64.3 cm³/mol. The van der Waals surface area contributed by atoms with Gasteiger partial charge in [0.15, 0.2) is 5.82 Å². The van der Waals surface area contributed by atoms with Crippen LogP contribution < -0.4 is 5.73 Å². The van der Waals surface area contributed by atoms with Crippen LogP contribution in [0, 0.1) is 0 Å². The SMILES string of the molecule is NC(=S)c1nnc2sc3ccccc3n12. The first-order valence-electron chi connectivity index (χ1n) is 4.30. The molecule has 0 spiro atoms. The zero-order valence-corrected chi connectivity index (χ0v) is 9.18. The fourth-order valence-corrected chi connectivity index (χ4v) is 2.64. The molecule has 0 saturated carbocycles. The summed E-state index contributed by atoms with van der Waals surface area (Å²) in [6.07, 6.45) is 0. The normalized spacial score (nSPS) is 11.2. The van der Waals surface area contributed by atoms with Crippen LogP contribution in [-0.2, 0) is 0 Å². The number of thiazole rings is 1. The Morgan fingerprint density at radius 3 is 2.93 bits per heavy atom. The molecular weight excluding hydrogens is 228 g/mol. The van der Waals surface area contributed by atoms with E-state index >= 15 is 0 Å². The highest BCUT2D eigenvalue weighted by Crippen LogP contribution is 2.25. The molecule has 0 amide bonds. The Balaban J connectivity index is 2.54. The lowest BCUT2D eigenvalue weighted by molar-refractivity contribution is 1.09. The van der Waals surface area contributed by atoms with Gasteiger partial charge in [-0.1, -0.05) is 35.7 Å². The van der Waals surface area contributed by atoms with Crippen molar-refractivity contribution in [2.24, 2.45) is 5.73 Å². The van der Waals surface area contributed by atoms with E-state index in [9.17, 15) is 0 Å². The van der Waals surface area contributed by atoms with Crippen LogP contribution in [0.3, 0.4) is 0 Å². The van der Waals surface area contributed by atoms with Crippen LogP contribution in [0.5, 0.6) is 0 Å². The molecule has 3 aromatic rings. The standard InChI is InChI=1S/C9H6N4S2/c10-7(14)8-11-12-9-13(8)5-3-1-2-4-6(5)15-9/h1-4H,(H2,10,14). The highest BCUT2D eigenvalue weighted by Gasteiger charge is 2.12. The third kappa shape index (κ3) is 1.15. The van der Waals surface area contributed by atoms with Crippen LogP contribution >= 0.6 is 23.6 Å². The number of aromatic nitrogens is 3. The van der Waals surface area contributed by atoms with Gasteiger partial charge in [-0.25, -0.2) is 0 Å². The lowest BCUT2D eigenvalue weighted by Gasteiger charge is -1.94. The zero-order chi connectivity index (χ0) is 10.4. The largest absolute Gasteiger partial charge is 0.387 e. The maximum absolute atomic E-state index is 5.59. The van der Waals surface area contributed by atoms with Crippen molar-refractivity contribution in [3.05, 3.63) is 30.1 Å². The second-order valence-electron chi connectivity index (χ2n) is 3.08. The van der Waals surface area contributed by atoms with Crippen LogP contribution in [0.4, 0.5) is 0 Å². The lowest BCUT2D eigenvalue weighted by Crippen LogP contribution is -2.13. The maximum atomic E-state index is 5.59. The summed E-state index contributed by atoms with van der Waals surface area (Å²) in [6.45, 7) is 0. The van der Waals surface area contributed by atoms with Crippen molar-refractivity contribution in [2.45, 2.75) is 0 Å². The first-order valence-corrected chi connectivity index (χ1v) is 5.52. The van der Waals surface area contributed by atoms with E-state index in [1.165, 1.54) is 0 Å². The molecule has 0 unspecified atom stereocenters. The van der Waals surface area contributed by atoms with Gasteiger partial charge >= 0.3 is 0 Å². The molecule has 0 aliphatic rings. The Hall–Kier alpha value is -1.53. The van der Waals surface area contributed by atoms with E-state index in [-0.39, 0.29) is 4.99 Å². The minimum atomic E-state index is 0.269. The molecule has 2 aromatic heterocycles. The van der Waals surface area contributed by atoms with Gasteiger partial charge in [-0.05, 0) is 12.1 Å². The van der Waals surface area contributed by atoms with Crippen molar-refractivity contribution in [1.29, 1.82) is 0 Å². The number of rotatable bonds is 1. The first-order chi connectivity index (χ1) is 7.27. The van der Waals surface area contributed by atoms with Gasteiger partial charge in [0.1, 0.15) is 4.99 Å². The smallest absolute Gasteiger partial charge is 0.217 e. The van der Waals surface area contributed by atoms with Crippen molar-refractivity contribution in [1.82, 2.24) is 14.6 Å². The monoisotopic (exact) mass is 234 g/mol. The van der Waals surface area contributed by atoms with Crippen molar-refractivity contribution in [3.8, 4) is 0 Å². The minimum Gasteiger partial charge on any atom is -0.387 e. The molecule has 0 radical (unpaired) electrons. The molecule has 2 heterocycles. The Morgan fingerprint density at radius 2 is 2.13 bits per heavy atom. The third-order valence-corrected chi connectivity index (χ3v) is 3.36. The third-order valence-electron chi connectivity index (χ3n) is 2.16. The van der Waals surface area contributed by atoms with Crippen LogP contribution in [-0.4, -0.2) is 19.6 Å². The summed E-state index contributed by atoms with van der Waals surface area (Å²) in [6, 6.07) is 8.01. The van der Waals surface area contributed by atoms with Gasteiger partial charge in [0.2, 0.25) is 4.96 Å². The summed E-state index contributed by atoms with van der Waals surface area (Å²) < 4.78 is 3.04. The fourth-order valence-electron chi connectivity index (χ4n) is 1.54. The van der Waals surface area contributed by atoms with Gasteiger partial charge in [0, 0.05) is 0 Å². The first kappa shape index (κ1) is 8.75. The van der Waals surface area contributed by atoms with E-state index in [4.69, 9.17) is 18.0 Å². The molecule has 3 rings (SSSR count). The molecule has 4 nitrogen and oxygen atoms in total. The number of hydrogen-bond acceptors (Lipinski definition) is 4. The molecule has 0 atom stereocenters. The highest BCUT2D eigenvalue weighted by molar-refractivity contribution is 7.80. The van der Waals surface area contributed by atoms with Crippen LogP contribution in [0.15, 0.2) is 24.3 Å². The topological polar surface area (TPSA) is 56.2 Å². The van der Waals surface area contributed by atoms with Gasteiger partial charge in [0.05, 0.1) is 10.2 Å². The Kier molecular flexibility index (Phi) is 1.74. The fraction of sp³-hybridized carbons (Fsp3) is 0. The van der Waals surface area contributed by atoms with Gasteiger partial charge in [-0.3, -0.25) is 4.40 Å². The van der Waals surface area contributed by atoms with E-state index in [1.54, 1.807) is 11.3 Å². The van der Waals surface area contributed by atoms with Crippen molar-refractivity contribution >= 4 is 43.7 Å². The molecule has 0 fully saturated rings. The molecule has 0 saturated heterocycles. The number of nitrogens with zero attached hydrogens (tertiary/aromatic N) is 3. The highest BCUT2D eigenvalue weighted by atomic mass is 32.1. The summed E-state index contributed by atoms with van der Waals surface area (Å²) in [5, 5.41) is 8.00. The van der Waals surface area contributed by atoms with E-state index in [2.05, 4.69) is 10.2 Å². The molecule has 0 bridgehead atoms. The summed E-state index contributed by atoms with van der Waals surface area (Å²) >= 11 is 6.51. The second-order valence-corrected chi connectivity index (χ2v) is 4.52. The van der Waals surface area contributed by atoms with E-state index in [0.29, 0.717) is 5.82 Å². The van der Waals surface area contributed by atoms with Gasteiger partial charge in [0.25, 0.3) is 0 Å². The number of nitrogens with two attached hydrogens (primary N) is 1. The molecular formula is C9H6N4S2. The van der Waals surface area contributed by atoms with Crippen LogP contribution in [0.1, 0.15) is 5.82 Å². The molecule has 74 valence electrons. The summed E-state index contributed by atoms with van der Waals surface area (Å²) in [4.78, 5) is 1.09.